The quantitative estimate of drug-likeness (QED) is 0.495. The lowest BCUT2D eigenvalue weighted by molar-refractivity contribution is -0.137. The minimum Gasteiger partial charge on any atom is -0.468 e. The van der Waals surface area contributed by atoms with E-state index in [4.69, 9.17) is 5.73 Å². The lowest BCUT2D eigenvalue weighted by Gasteiger charge is -2.42. The van der Waals surface area contributed by atoms with Crippen molar-refractivity contribution < 1.29 is 14.3 Å². The van der Waals surface area contributed by atoms with E-state index in [9.17, 15) is 14.9 Å². The first-order valence-corrected chi connectivity index (χ1v) is 12.5. The molecule has 1 aliphatic carbocycles. The van der Waals surface area contributed by atoms with Gasteiger partial charge < -0.3 is 10.5 Å². The molecule has 0 amide bonds. The van der Waals surface area contributed by atoms with E-state index in [0.29, 0.717) is 33.5 Å². The molecule has 2 aromatic heterocycles. The van der Waals surface area contributed by atoms with Gasteiger partial charge in [0.2, 0.25) is 5.13 Å². The highest BCUT2D eigenvalue weighted by Gasteiger charge is 2.45. The van der Waals surface area contributed by atoms with Gasteiger partial charge in [-0.15, -0.1) is 21.5 Å². The molecule has 8 nitrogen and oxygen atoms in total. The van der Waals surface area contributed by atoms with Gasteiger partial charge in [-0.05, 0) is 23.3 Å². The maximum Gasteiger partial charge on any atom is 0.316 e. The van der Waals surface area contributed by atoms with Crippen LogP contribution in [0.2, 0.25) is 0 Å². The third-order valence-electron chi connectivity index (χ3n) is 5.34. The van der Waals surface area contributed by atoms with Gasteiger partial charge in [0.05, 0.1) is 30.4 Å². The smallest absolute Gasteiger partial charge is 0.316 e. The van der Waals surface area contributed by atoms with Gasteiger partial charge in [0, 0.05) is 22.6 Å². The van der Waals surface area contributed by atoms with Crippen molar-refractivity contribution in [3.63, 3.8) is 0 Å². The van der Waals surface area contributed by atoms with E-state index in [-0.39, 0.29) is 28.7 Å². The average molecular weight is 488 g/mol. The number of nitrogens with two attached hydrogens (primary N) is 1. The van der Waals surface area contributed by atoms with Gasteiger partial charge in [0.1, 0.15) is 5.82 Å². The molecule has 0 bridgehead atoms. The standard InChI is InChI=1S/C21H21N5O3S3/c1-21(2)7-12-17(13(27)8-21)16(14-5-4-6-30-14)11(9-22)18(23)26(12)19-24-25-20(32-19)31-10-15(28)29-3/h4-6,16H,7-8,10,23H2,1-3H3. The first kappa shape index (κ1) is 22.5. The molecule has 166 valence electrons. The van der Waals surface area contributed by atoms with Crippen molar-refractivity contribution in [1.82, 2.24) is 10.2 Å². The second-order valence-corrected chi connectivity index (χ2v) is 11.4. The molecule has 4 rings (SSSR count). The Balaban J connectivity index is 1.82. The third kappa shape index (κ3) is 4.05. The highest BCUT2D eigenvalue weighted by molar-refractivity contribution is 8.01. The lowest BCUT2D eigenvalue weighted by Crippen LogP contribution is -2.42. The summed E-state index contributed by atoms with van der Waals surface area (Å²) in [7, 11) is 1.33. The van der Waals surface area contributed by atoms with Crippen LogP contribution in [-0.4, -0.2) is 34.8 Å². The number of thioether (sulfide) groups is 1. The zero-order valence-electron chi connectivity index (χ0n) is 17.7. The van der Waals surface area contributed by atoms with Crippen LogP contribution in [0.15, 0.2) is 44.5 Å². The number of hydrogen-bond acceptors (Lipinski definition) is 11. The molecule has 2 N–H and O–H groups in total. The van der Waals surface area contributed by atoms with Crippen LogP contribution in [0.25, 0.3) is 0 Å². The summed E-state index contributed by atoms with van der Waals surface area (Å²) >= 11 is 3.97. The first-order chi connectivity index (χ1) is 15.3. The zero-order valence-corrected chi connectivity index (χ0v) is 20.2. The third-order valence-corrected chi connectivity index (χ3v) is 8.29. The largest absolute Gasteiger partial charge is 0.468 e. The molecule has 0 saturated heterocycles. The van der Waals surface area contributed by atoms with Crippen molar-refractivity contribution in [2.75, 3.05) is 17.8 Å². The Hall–Kier alpha value is -2.68. The van der Waals surface area contributed by atoms with Gasteiger partial charge in [-0.3, -0.25) is 14.5 Å². The van der Waals surface area contributed by atoms with Crippen LogP contribution in [0.4, 0.5) is 5.13 Å². The number of ether oxygens (including phenoxy) is 1. The Morgan fingerprint density at radius 3 is 2.88 bits per heavy atom. The Kier molecular flexibility index (Phi) is 6.11. The number of anilines is 1. The minimum absolute atomic E-state index is 0.0182. The fourth-order valence-corrected chi connectivity index (χ4v) is 6.55. The summed E-state index contributed by atoms with van der Waals surface area (Å²) in [6.07, 6.45) is 1.01. The number of esters is 1. The van der Waals surface area contributed by atoms with E-state index in [1.807, 2.05) is 31.4 Å². The highest BCUT2D eigenvalue weighted by Crippen LogP contribution is 2.51. The molecular weight excluding hydrogens is 466 g/mol. The van der Waals surface area contributed by atoms with E-state index in [0.717, 1.165) is 10.6 Å². The summed E-state index contributed by atoms with van der Waals surface area (Å²) in [6.45, 7) is 4.09. The summed E-state index contributed by atoms with van der Waals surface area (Å²) in [5, 5.41) is 20.8. The summed E-state index contributed by atoms with van der Waals surface area (Å²) in [6, 6.07) is 6.08. The van der Waals surface area contributed by atoms with E-state index >= 15 is 0 Å². The lowest BCUT2D eigenvalue weighted by atomic mass is 9.70. The van der Waals surface area contributed by atoms with Gasteiger partial charge in [-0.1, -0.05) is 43.0 Å². The maximum atomic E-state index is 13.4. The molecule has 2 aliphatic rings. The van der Waals surface area contributed by atoms with Crippen molar-refractivity contribution in [3.05, 3.63) is 45.1 Å². The van der Waals surface area contributed by atoms with Gasteiger partial charge >= 0.3 is 5.97 Å². The number of thiophene rings is 1. The number of aromatic nitrogens is 2. The molecule has 0 fully saturated rings. The van der Waals surface area contributed by atoms with Crippen LogP contribution in [-0.2, 0) is 14.3 Å². The summed E-state index contributed by atoms with van der Waals surface area (Å²) in [5.41, 5.74) is 8.00. The Labute approximate surface area is 197 Å². The molecule has 0 radical (unpaired) electrons. The number of rotatable bonds is 5. The van der Waals surface area contributed by atoms with E-state index in [1.165, 1.54) is 41.5 Å². The van der Waals surface area contributed by atoms with Gasteiger partial charge in [0.15, 0.2) is 10.1 Å². The number of ketones is 1. The van der Waals surface area contributed by atoms with Gasteiger partial charge in [0.25, 0.3) is 0 Å². The van der Waals surface area contributed by atoms with Crippen molar-refractivity contribution in [3.8, 4) is 6.07 Å². The van der Waals surface area contributed by atoms with Crippen molar-refractivity contribution in [2.24, 2.45) is 11.1 Å². The Morgan fingerprint density at radius 1 is 1.44 bits per heavy atom. The molecule has 1 unspecified atom stereocenters. The number of nitriles is 1. The van der Waals surface area contributed by atoms with Crippen LogP contribution in [0.3, 0.4) is 0 Å². The van der Waals surface area contributed by atoms with Gasteiger partial charge in [-0.25, -0.2) is 0 Å². The predicted molar refractivity (Wildman–Crippen MR) is 124 cm³/mol. The van der Waals surface area contributed by atoms with Crippen LogP contribution >= 0.6 is 34.4 Å². The van der Waals surface area contributed by atoms with Crippen LogP contribution in [0.1, 0.15) is 37.5 Å². The zero-order chi connectivity index (χ0) is 23.0. The normalized spacial score (nSPS) is 20.2. The van der Waals surface area contributed by atoms with E-state index < -0.39 is 5.92 Å². The second kappa shape index (κ2) is 8.69. The number of methoxy groups -OCH3 is 1. The van der Waals surface area contributed by atoms with Crippen LogP contribution < -0.4 is 10.6 Å². The summed E-state index contributed by atoms with van der Waals surface area (Å²) < 4.78 is 5.24. The second-order valence-electron chi connectivity index (χ2n) is 8.21. The number of hydrogen-bond donors (Lipinski definition) is 1. The number of Topliss-reactive ketones (excluding diaryl/α,β-unsaturated/α-hetero) is 1. The van der Waals surface area contributed by atoms with E-state index in [1.54, 1.807) is 4.90 Å². The van der Waals surface area contributed by atoms with Crippen molar-refractivity contribution >= 4 is 51.3 Å². The fraction of sp³-hybridized carbons (Fsp3) is 0.381. The Morgan fingerprint density at radius 2 is 2.22 bits per heavy atom. The SMILES string of the molecule is COC(=O)CSc1nnc(N2C(N)=C(C#N)C(c3cccs3)C3=C2CC(C)(C)CC3=O)s1. The molecule has 2 aromatic rings. The molecule has 3 heterocycles. The van der Waals surface area contributed by atoms with Gasteiger partial charge in [-0.2, -0.15) is 5.26 Å². The average Bonchev–Trinajstić information content (AvgIpc) is 3.42. The highest BCUT2D eigenvalue weighted by atomic mass is 32.2. The molecule has 0 aromatic carbocycles. The minimum atomic E-state index is -0.476. The first-order valence-electron chi connectivity index (χ1n) is 9.78. The fourth-order valence-electron chi connectivity index (χ4n) is 4.00. The van der Waals surface area contributed by atoms with Crippen molar-refractivity contribution in [2.45, 2.75) is 36.9 Å². The summed E-state index contributed by atoms with van der Waals surface area (Å²) in [5.74, 6) is -0.449. The topological polar surface area (TPSA) is 122 Å². The van der Waals surface area contributed by atoms with Crippen LogP contribution in [0, 0.1) is 16.7 Å². The molecule has 1 aliphatic heterocycles. The predicted octanol–water partition coefficient (Wildman–Crippen LogP) is 3.81. The monoisotopic (exact) mass is 487 g/mol. The van der Waals surface area contributed by atoms with E-state index in [2.05, 4.69) is 21.0 Å². The van der Waals surface area contributed by atoms with Crippen molar-refractivity contribution in [1.29, 1.82) is 5.26 Å². The molecule has 1 atom stereocenters. The van der Waals surface area contributed by atoms with Crippen LogP contribution in [0.5, 0.6) is 0 Å². The maximum absolute atomic E-state index is 13.4. The number of carbonyl (C=O) groups excluding carboxylic acids is 2. The summed E-state index contributed by atoms with van der Waals surface area (Å²) in [4.78, 5) is 27.5. The molecular formula is C21H21N5O3S3. The number of nitrogens with zero attached hydrogens (tertiary/aromatic N) is 4. The Bertz CT molecular complexity index is 1170. The number of carbonyl (C=O) groups is 2. The molecule has 11 heteroatoms. The molecule has 0 saturated carbocycles. The molecule has 0 spiro atoms. The number of allylic oxidation sites excluding steroid dienone is 3. The molecule has 32 heavy (non-hydrogen) atoms.